The molecule has 7 nitrogen and oxygen atoms in total. The first kappa shape index (κ1) is 91.2. The lowest BCUT2D eigenvalue weighted by molar-refractivity contribution is -0.138. The topological polar surface area (TPSA) is 28.7 Å². The van der Waals surface area contributed by atoms with E-state index in [1.54, 1.807) is 71.9 Å². The highest BCUT2D eigenvalue weighted by Gasteiger charge is 2.32. The Morgan fingerprint density at radius 3 is 0.586 bits per heavy atom. The molecule has 0 aliphatic carbocycles. The summed E-state index contributed by atoms with van der Waals surface area (Å²) in [5, 5.41) is 0. The van der Waals surface area contributed by atoms with Crippen LogP contribution in [-0.2, 0) is 12.4 Å². The van der Waals surface area contributed by atoms with Gasteiger partial charge in [0.15, 0.2) is 0 Å². The largest absolute Gasteiger partial charge is 0.457 e. The molecule has 0 aliphatic rings. The van der Waals surface area contributed by atoms with Crippen LogP contribution in [0.2, 0.25) is 0 Å². The summed E-state index contributed by atoms with van der Waals surface area (Å²) in [4.78, 5) is 17.5. The van der Waals surface area contributed by atoms with Gasteiger partial charge in [-0.05, 0) is 347 Å². The van der Waals surface area contributed by atoms with Crippen LogP contribution in [-0.4, -0.2) is 21.1 Å². The summed E-state index contributed by atoms with van der Waals surface area (Å²) in [6, 6.07) is 149. The molecule has 18 rings (SSSR count). The minimum Gasteiger partial charge on any atom is -0.457 e. The van der Waals surface area contributed by atoms with E-state index in [9.17, 15) is 26.3 Å². The van der Waals surface area contributed by atoms with E-state index < -0.39 is 23.5 Å². The van der Waals surface area contributed by atoms with Crippen molar-refractivity contribution in [1.82, 2.24) is 0 Å². The van der Waals surface area contributed by atoms with Gasteiger partial charge in [-0.2, -0.15) is 26.3 Å². The average molecular weight is 1790 g/mol. The molecule has 0 amide bonds. The molecule has 0 radical (unpaired) electrons. The van der Waals surface area contributed by atoms with Gasteiger partial charge >= 0.3 is 12.4 Å². The number of para-hydroxylation sites is 2. The molecule has 18 aromatic rings. The number of rotatable bonds is 24. The number of hydrogen-bond acceptors (Lipinski definition) is 9. The summed E-state index contributed by atoms with van der Waals surface area (Å²) in [5.41, 5.74) is 26.6. The second-order valence-electron chi connectivity index (χ2n) is 32.6. The van der Waals surface area contributed by atoms with Gasteiger partial charge in [-0.15, -0.1) is 0 Å². The Morgan fingerprint density at radius 2 is 0.338 bits per heavy atom. The quantitative estimate of drug-likeness (QED) is 0.0549. The summed E-state index contributed by atoms with van der Waals surface area (Å²) in [7, 11) is 5.97. The van der Waals surface area contributed by atoms with Crippen molar-refractivity contribution in [2.24, 2.45) is 0 Å². The molecule has 15 heteroatoms. The molecular formula is C118H98F6N6OS2. The zero-order valence-electron chi connectivity index (χ0n) is 74.9. The van der Waals surface area contributed by atoms with Crippen LogP contribution in [0.4, 0.5) is 112 Å². The maximum Gasteiger partial charge on any atom is 0.416 e. The van der Waals surface area contributed by atoms with Crippen LogP contribution < -0.4 is 34.1 Å². The third kappa shape index (κ3) is 23.4. The molecule has 0 atom stereocenters. The lowest BCUT2D eigenvalue weighted by atomic mass is 10.0. The summed E-state index contributed by atoms with van der Waals surface area (Å²) in [5.74, 6) is 1.08. The van der Waals surface area contributed by atoms with Crippen LogP contribution >= 0.6 is 23.5 Å². The van der Waals surface area contributed by atoms with Gasteiger partial charge in [-0.1, -0.05) is 221 Å². The second kappa shape index (κ2) is 41.7. The normalized spacial score (nSPS) is 11.1. The van der Waals surface area contributed by atoms with Gasteiger partial charge < -0.3 is 34.1 Å². The Hall–Kier alpha value is -15.2. The summed E-state index contributed by atoms with van der Waals surface area (Å²) >= 11 is 3.56. The number of ether oxygens (including phenoxy) is 1. The van der Waals surface area contributed by atoms with Crippen LogP contribution in [0.15, 0.2) is 468 Å². The molecule has 0 aromatic heterocycles. The number of halogens is 6. The van der Waals surface area contributed by atoms with Crippen molar-refractivity contribution in [3.63, 3.8) is 0 Å². The van der Waals surface area contributed by atoms with Gasteiger partial charge in [0.1, 0.15) is 11.5 Å². The van der Waals surface area contributed by atoms with Crippen molar-refractivity contribution in [1.29, 1.82) is 0 Å². The molecule has 0 bridgehead atoms. The minimum atomic E-state index is -4.45. The first-order chi connectivity index (χ1) is 64.4. The molecule has 0 aliphatic heterocycles. The second-order valence-corrected chi connectivity index (χ2v) is 34.9. The highest BCUT2D eigenvalue weighted by Crippen LogP contribution is 2.45. The first-order valence-electron chi connectivity index (χ1n) is 43.8. The van der Waals surface area contributed by atoms with Gasteiger partial charge in [0, 0.05) is 126 Å². The molecule has 133 heavy (non-hydrogen) atoms. The fourth-order valence-corrected chi connectivity index (χ4v) is 17.0. The van der Waals surface area contributed by atoms with Gasteiger partial charge in [0.2, 0.25) is 0 Å². The highest BCUT2D eigenvalue weighted by atomic mass is 32.2. The zero-order chi connectivity index (χ0) is 92.5. The highest BCUT2D eigenvalue weighted by molar-refractivity contribution is 7.99. The number of alkyl halides is 6. The SMILES string of the molecule is Cc1ccc(-c2ccc(N(c3ccc(C)cc3)c3ccc(Sc4ccc(N(C)c5ccc(C)cc5)cc4)cc3)cc2)cc1.Cc1ccc(-c2ccc(N(c3ccc(Oc4ccc(N(C)c5ccc(C(F)(F)F)cc5)cc4)cc3)c3ccc(C(F)(F)F)cc3)cc2)cc1.Cc1ccc(-c2ccc(N(c3ccccc3)c3ccc(Sc4ccc(N(C)c5ccccc5)cc4)cc3)cc2)cc1. The molecule has 0 N–H and O–H groups in total. The molecule has 0 unspecified atom stereocenters. The summed E-state index contributed by atoms with van der Waals surface area (Å²) in [6.07, 6.45) is -8.85. The molecule has 18 aromatic carbocycles. The van der Waals surface area contributed by atoms with Crippen molar-refractivity contribution >= 4 is 109 Å². The van der Waals surface area contributed by atoms with Gasteiger partial charge in [0.05, 0.1) is 11.1 Å². The van der Waals surface area contributed by atoms with Crippen LogP contribution in [0.1, 0.15) is 38.9 Å². The lowest BCUT2D eigenvalue weighted by Gasteiger charge is -2.26. The Kier molecular flexibility index (Phi) is 28.6. The molecule has 0 spiro atoms. The lowest BCUT2D eigenvalue weighted by Crippen LogP contribution is -2.11. The standard InChI is InChI=1S/C40H30F6N2O.C40H36N2S.C38H32N2S/c1-27-3-5-28(6-4-27)29-7-13-34(14-8-29)48(35-17-11-31(12-18-35)40(44,45)46)36-21-25-38(26-22-36)49-37-23-19-33(20-24-37)47(2)32-15-9-30(10-16-32)39(41,42)43;1-29-5-11-32(12-6-29)33-13-19-37(20-14-33)42(36-17-9-31(3)10-18-36)38-23-27-40(28-24-38)43-39-25-21-35(22-26-39)41(4)34-15-7-30(2)8-16-34;1-29-13-15-30(16-14-29)31-17-19-35(20-18-31)40(34-11-7-4-8-12-34)36-23-27-38(28-24-36)41-37-25-21-33(22-26-37)39(2)32-9-5-3-6-10-32/h3-26H,1-2H3;5-28H,1-4H3;3-28H,1-2H3. The zero-order valence-corrected chi connectivity index (χ0v) is 76.5. The van der Waals surface area contributed by atoms with E-state index in [1.807, 2.05) is 78.6 Å². The summed E-state index contributed by atoms with van der Waals surface area (Å²) in [6.45, 7) is 10.5. The fourth-order valence-electron chi connectivity index (χ4n) is 15.4. The average Bonchev–Trinajstić information content (AvgIpc) is 1.76. The van der Waals surface area contributed by atoms with Crippen molar-refractivity contribution in [2.45, 2.75) is 66.6 Å². The number of benzene rings is 18. The van der Waals surface area contributed by atoms with Crippen LogP contribution in [0.25, 0.3) is 33.4 Å². The molecule has 660 valence electrons. The van der Waals surface area contributed by atoms with Crippen molar-refractivity contribution in [3.05, 3.63) is 488 Å². The van der Waals surface area contributed by atoms with Gasteiger partial charge in [-0.25, -0.2) is 0 Å². The van der Waals surface area contributed by atoms with Gasteiger partial charge in [-0.3, -0.25) is 0 Å². The van der Waals surface area contributed by atoms with E-state index >= 15 is 0 Å². The predicted molar refractivity (Wildman–Crippen MR) is 545 cm³/mol. The maximum atomic E-state index is 13.3. The maximum absolute atomic E-state index is 13.3. The van der Waals surface area contributed by atoms with Crippen LogP contribution in [0.5, 0.6) is 11.5 Å². The molecule has 0 saturated heterocycles. The smallest absolute Gasteiger partial charge is 0.416 e. The number of hydrogen-bond donors (Lipinski definition) is 0. The van der Waals surface area contributed by atoms with Crippen molar-refractivity contribution < 1.29 is 31.1 Å². The van der Waals surface area contributed by atoms with Crippen LogP contribution in [0, 0.1) is 34.6 Å². The molecule has 0 heterocycles. The van der Waals surface area contributed by atoms with Crippen LogP contribution in [0.3, 0.4) is 0 Å². The Balaban J connectivity index is 0.000000146. The Morgan fingerprint density at radius 1 is 0.180 bits per heavy atom. The number of anilines is 15. The van der Waals surface area contributed by atoms with E-state index in [0.717, 1.165) is 86.5 Å². The molecule has 0 saturated carbocycles. The Bertz CT molecular complexity index is 6770. The van der Waals surface area contributed by atoms with E-state index in [0.29, 0.717) is 28.6 Å². The minimum absolute atomic E-state index is 0.537. The number of aryl methyl sites for hydroxylation is 5. The number of nitrogens with zero attached hydrogens (tertiary/aromatic N) is 6. The fraction of sp³-hybridized carbons (Fsp3) is 0.0847. The Labute approximate surface area is 784 Å². The van der Waals surface area contributed by atoms with Crippen molar-refractivity contribution in [3.8, 4) is 44.9 Å². The van der Waals surface area contributed by atoms with E-state index in [4.69, 9.17) is 4.74 Å². The predicted octanol–water partition coefficient (Wildman–Crippen LogP) is 35.4. The first-order valence-corrected chi connectivity index (χ1v) is 45.4. The summed E-state index contributed by atoms with van der Waals surface area (Å²) < 4.78 is 84.9. The molecule has 0 fully saturated rings. The monoisotopic (exact) mass is 1790 g/mol. The van der Waals surface area contributed by atoms with Crippen molar-refractivity contribution in [2.75, 3.05) is 50.5 Å². The molecular weight excluding hydrogens is 1700 g/mol. The van der Waals surface area contributed by atoms with E-state index in [2.05, 4.69) is 359 Å². The van der Waals surface area contributed by atoms with E-state index in [1.165, 1.54) is 111 Å². The third-order valence-corrected chi connectivity index (χ3v) is 25.1. The third-order valence-electron chi connectivity index (χ3n) is 23.1. The van der Waals surface area contributed by atoms with E-state index in [-0.39, 0.29) is 0 Å². The van der Waals surface area contributed by atoms with Gasteiger partial charge in [0.25, 0.3) is 0 Å².